The van der Waals surface area contributed by atoms with Gasteiger partial charge in [0.1, 0.15) is 11.9 Å². The highest BCUT2D eigenvalue weighted by Crippen LogP contribution is 2.55. The predicted molar refractivity (Wildman–Crippen MR) is 216 cm³/mol. The fourth-order valence-electron chi connectivity index (χ4n) is 9.01. The summed E-state index contributed by atoms with van der Waals surface area (Å²) >= 11 is 0. The van der Waals surface area contributed by atoms with E-state index in [4.69, 9.17) is 4.74 Å². The summed E-state index contributed by atoms with van der Waals surface area (Å²) in [5.74, 6) is 1.10. The van der Waals surface area contributed by atoms with Crippen LogP contribution >= 0.6 is 0 Å². The van der Waals surface area contributed by atoms with E-state index >= 15 is 0 Å². The van der Waals surface area contributed by atoms with Crippen molar-refractivity contribution >= 4 is 53.9 Å². The summed E-state index contributed by atoms with van der Waals surface area (Å²) in [6.45, 7) is 0. The Labute approximate surface area is 296 Å². The van der Waals surface area contributed by atoms with Crippen LogP contribution < -0.4 is 4.74 Å². The van der Waals surface area contributed by atoms with Crippen molar-refractivity contribution in [3.63, 3.8) is 0 Å². The van der Waals surface area contributed by atoms with Crippen molar-refractivity contribution < 1.29 is 4.74 Å². The van der Waals surface area contributed by atoms with Crippen LogP contribution in [0.3, 0.4) is 0 Å². The fourth-order valence-corrected chi connectivity index (χ4v) is 9.01. The van der Waals surface area contributed by atoms with E-state index in [2.05, 4.69) is 182 Å². The second-order valence-electron chi connectivity index (χ2n) is 13.8. The molecule has 0 N–H and O–H groups in total. The molecule has 1 heterocycles. The normalized spacial score (nSPS) is 16.2. The van der Waals surface area contributed by atoms with Crippen molar-refractivity contribution in [1.29, 1.82) is 0 Å². The average Bonchev–Trinajstić information content (AvgIpc) is 3.59. The molecule has 9 aromatic carbocycles. The Morgan fingerprint density at radius 3 is 1.61 bits per heavy atom. The Bertz CT molecular complexity index is 2900. The van der Waals surface area contributed by atoms with E-state index in [0.29, 0.717) is 0 Å². The van der Waals surface area contributed by atoms with E-state index < -0.39 is 0 Å². The molecule has 0 saturated carbocycles. The Morgan fingerprint density at radius 1 is 0.353 bits per heavy atom. The highest BCUT2D eigenvalue weighted by atomic mass is 16.5. The maximum atomic E-state index is 7.05. The smallest absolute Gasteiger partial charge is 0.132 e. The first-order valence-corrected chi connectivity index (χ1v) is 17.8. The summed E-state index contributed by atoms with van der Waals surface area (Å²) in [4.78, 5) is 0. The van der Waals surface area contributed by atoms with Gasteiger partial charge >= 0.3 is 0 Å². The van der Waals surface area contributed by atoms with E-state index in [1.807, 2.05) is 0 Å². The van der Waals surface area contributed by atoms with Gasteiger partial charge in [0.25, 0.3) is 0 Å². The summed E-state index contributed by atoms with van der Waals surface area (Å²) in [7, 11) is 0. The van der Waals surface area contributed by atoms with Gasteiger partial charge in [-0.25, -0.2) is 0 Å². The Morgan fingerprint density at radius 2 is 0.882 bits per heavy atom. The van der Waals surface area contributed by atoms with Crippen LogP contribution in [-0.4, -0.2) is 6.10 Å². The molecule has 0 radical (unpaired) electrons. The minimum absolute atomic E-state index is 0.0518. The van der Waals surface area contributed by atoms with Crippen molar-refractivity contribution in [2.24, 2.45) is 0 Å². The lowest BCUT2D eigenvalue weighted by Gasteiger charge is -2.22. The van der Waals surface area contributed by atoms with Crippen LogP contribution in [0.2, 0.25) is 0 Å². The molecule has 238 valence electrons. The maximum Gasteiger partial charge on any atom is 0.132 e. The maximum absolute atomic E-state index is 7.05. The third-order valence-corrected chi connectivity index (χ3v) is 11.2. The van der Waals surface area contributed by atoms with E-state index in [1.165, 1.54) is 87.2 Å². The molecule has 0 amide bonds. The summed E-state index contributed by atoms with van der Waals surface area (Å²) < 4.78 is 7.05. The van der Waals surface area contributed by atoms with Crippen LogP contribution in [-0.2, 0) is 0 Å². The summed E-state index contributed by atoms with van der Waals surface area (Å²) in [6, 6.07) is 58.0. The van der Waals surface area contributed by atoms with E-state index in [1.54, 1.807) is 0 Å². The van der Waals surface area contributed by atoms with E-state index in [-0.39, 0.29) is 12.0 Å². The van der Waals surface area contributed by atoms with E-state index in [0.717, 1.165) is 11.3 Å². The summed E-state index contributed by atoms with van der Waals surface area (Å²) in [6.07, 6.45) is 8.81. The molecule has 1 aliphatic carbocycles. The van der Waals surface area contributed by atoms with Crippen molar-refractivity contribution in [1.82, 2.24) is 0 Å². The van der Waals surface area contributed by atoms with Gasteiger partial charge < -0.3 is 4.74 Å². The molecule has 1 nitrogen and oxygen atoms in total. The first-order chi connectivity index (χ1) is 25.3. The quantitative estimate of drug-likeness (QED) is 0.137. The Hall–Kier alpha value is -6.44. The number of ether oxygens (including phenoxy) is 1. The van der Waals surface area contributed by atoms with Gasteiger partial charge in [-0.3, -0.25) is 0 Å². The first-order valence-electron chi connectivity index (χ1n) is 17.8. The lowest BCUT2D eigenvalue weighted by Crippen LogP contribution is -2.15. The standard InChI is InChI=1S/C50H32O/c1-3-17-33-31(14-1)16-13-26-37(33)47-38-21-7-9-23-40(38)48(41-24-10-8-22-39(41)47)44-29-28-42(50-49(44)43-25-11-12-27-46(43)51-50)45-30-32-15-2-4-18-34(32)35-19-5-6-20-36(35)45/h1-30,43,46H. The van der Waals surface area contributed by atoms with Crippen molar-refractivity contribution in [2.75, 3.05) is 0 Å². The molecule has 0 saturated heterocycles. The SMILES string of the molecule is C1=CC2Oc3c(-c4cc5ccccc5c5ccccc45)ccc(-c4c5ccccc5c(-c5cccc6ccccc56)c5ccccc45)c3C2C=C1. The van der Waals surface area contributed by atoms with Crippen LogP contribution in [0.4, 0.5) is 0 Å². The number of benzene rings is 9. The molecule has 0 fully saturated rings. The number of allylic oxidation sites excluding steroid dienone is 2. The zero-order valence-electron chi connectivity index (χ0n) is 27.9. The van der Waals surface area contributed by atoms with Crippen molar-refractivity contribution in [3.8, 4) is 39.1 Å². The minimum Gasteiger partial charge on any atom is -0.484 e. The van der Waals surface area contributed by atoms with Crippen LogP contribution in [0.15, 0.2) is 182 Å². The number of hydrogen-bond acceptors (Lipinski definition) is 1. The molecular formula is C50H32O. The lowest BCUT2D eigenvalue weighted by molar-refractivity contribution is 0.270. The molecule has 9 aromatic rings. The van der Waals surface area contributed by atoms with Crippen LogP contribution in [0.1, 0.15) is 11.5 Å². The lowest BCUT2D eigenvalue weighted by atomic mass is 9.80. The highest BCUT2D eigenvalue weighted by molar-refractivity contribution is 6.24. The van der Waals surface area contributed by atoms with Gasteiger partial charge in [-0.1, -0.05) is 164 Å². The molecule has 11 rings (SSSR count). The van der Waals surface area contributed by atoms with Crippen LogP contribution in [0.25, 0.3) is 87.2 Å². The molecule has 2 unspecified atom stereocenters. The number of rotatable bonds is 3. The Kier molecular flexibility index (Phi) is 6.15. The zero-order valence-corrected chi connectivity index (χ0v) is 27.9. The molecule has 2 atom stereocenters. The van der Waals surface area contributed by atoms with Crippen LogP contribution in [0.5, 0.6) is 5.75 Å². The molecule has 0 bridgehead atoms. The monoisotopic (exact) mass is 648 g/mol. The second kappa shape index (κ2) is 11.0. The number of hydrogen-bond donors (Lipinski definition) is 0. The molecular weight excluding hydrogens is 617 g/mol. The third-order valence-electron chi connectivity index (χ3n) is 11.2. The molecule has 0 aromatic heterocycles. The minimum atomic E-state index is -0.0518. The van der Waals surface area contributed by atoms with Crippen molar-refractivity contribution in [3.05, 3.63) is 188 Å². The first kappa shape index (κ1) is 28.4. The number of fused-ring (bicyclic) bond motifs is 9. The second-order valence-corrected chi connectivity index (χ2v) is 13.8. The Balaban J connectivity index is 1.24. The highest BCUT2D eigenvalue weighted by Gasteiger charge is 2.37. The average molecular weight is 649 g/mol. The van der Waals surface area contributed by atoms with Gasteiger partial charge in [0.2, 0.25) is 0 Å². The topological polar surface area (TPSA) is 9.23 Å². The van der Waals surface area contributed by atoms with Gasteiger partial charge in [0, 0.05) is 17.0 Å². The third kappa shape index (κ3) is 4.16. The van der Waals surface area contributed by atoms with Crippen molar-refractivity contribution in [2.45, 2.75) is 12.0 Å². The summed E-state index contributed by atoms with van der Waals surface area (Å²) in [5.41, 5.74) is 8.68. The molecule has 1 aliphatic heterocycles. The van der Waals surface area contributed by atoms with Crippen LogP contribution in [0, 0.1) is 0 Å². The van der Waals surface area contributed by atoms with Gasteiger partial charge in [-0.05, 0) is 99.9 Å². The van der Waals surface area contributed by atoms with Gasteiger partial charge in [-0.15, -0.1) is 0 Å². The van der Waals surface area contributed by atoms with Gasteiger partial charge in [0.15, 0.2) is 0 Å². The zero-order chi connectivity index (χ0) is 33.5. The molecule has 2 aliphatic rings. The largest absolute Gasteiger partial charge is 0.484 e. The van der Waals surface area contributed by atoms with E-state index in [9.17, 15) is 0 Å². The van der Waals surface area contributed by atoms with Gasteiger partial charge in [0.05, 0.1) is 0 Å². The molecule has 0 spiro atoms. The summed E-state index contributed by atoms with van der Waals surface area (Å²) in [5, 5.41) is 12.6. The molecule has 51 heavy (non-hydrogen) atoms. The molecule has 1 heteroatoms. The fraction of sp³-hybridized carbons (Fsp3) is 0.0400. The predicted octanol–water partition coefficient (Wildman–Crippen LogP) is 13.4. The van der Waals surface area contributed by atoms with Gasteiger partial charge in [-0.2, -0.15) is 0 Å².